The summed E-state index contributed by atoms with van der Waals surface area (Å²) in [6, 6.07) is 10.8. The van der Waals surface area contributed by atoms with E-state index in [1.165, 1.54) is 13.5 Å². The van der Waals surface area contributed by atoms with Crippen LogP contribution in [0.2, 0.25) is 0 Å². The van der Waals surface area contributed by atoms with Gasteiger partial charge >= 0.3 is 29.0 Å². The first kappa shape index (κ1) is 86.3. The van der Waals surface area contributed by atoms with Crippen molar-refractivity contribution >= 4 is 29.0 Å². The van der Waals surface area contributed by atoms with Crippen LogP contribution in [-0.4, -0.2) is 127 Å². The second-order valence-electron chi connectivity index (χ2n) is 19.8. The van der Waals surface area contributed by atoms with Crippen molar-refractivity contribution in [2.24, 2.45) is 5.11 Å². The summed E-state index contributed by atoms with van der Waals surface area (Å²) in [7, 11) is 5.05. The van der Waals surface area contributed by atoms with Crippen LogP contribution in [0.25, 0.3) is 10.4 Å². The standard InChI is InChI=1S/C11H11F3N2.C11H12F3NO2.C10H10F3N.C10H11F3O.C9H8F3N3O.C6H2F3.C4H8O.BrH.Mg/c1-16-8(2-3-15)4-7-5-10(13)11(14)6-9(7)12;1-15-7(4-11(16)17)2-6-3-9(13)10(14)5-8(6)12;1-14-5-7(14)2-6-3-9(12)10(13)4-8(6)11;1-2-7(14)3-6-4-9(12)10(13)5-8(6)11;10-7-3-9(12)8(11)2-5(7)1-6(16)4-14-15-13;7-4-1-2-5(8)6(9)3-4;1-2-4-3-5-4;;/h5-6,8,16H,2,4H2,1H3;3,5,7,15H,2,4H2,1H3,(H,16,17);3-4,7H,2,5H2,1H3;4-5,7,14H,2-3H2,1H3;2-3,6,16H,1,4H2;2-3H;4H,2-3H2,1H3;1H;/q;;;;;-1;;;+2/p-1/t8-;7-;7-,14?;7-;6-;;;;/m01110..../s1. The summed E-state index contributed by atoms with van der Waals surface area (Å²) in [5.74, 6) is -19.9. The van der Waals surface area contributed by atoms with Crippen LogP contribution in [0, 0.1) is 122 Å². The number of ether oxygens (including phenoxy) is 1. The smallest absolute Gasteiger partial charge is 1.00 e. The van der Waals surface area contributed by atoms with Gasteiger partial charge in [0.15, 0.2) is 58.2 Å². The van der Waals surface area contributed by atoms with Gasteiger partial charge in [-0.05, 0) is 117 Å². The van der Waals surface area contributed by atoms with Crippen molar-refractivity contribution in [1.29, 1.82) is 5.26 Å². The third-order valence-electron chi connectivity index (χ3n) is 12.8. The quantitative estimate of drug-likeness (QED) is 0.00768. The monoisotopic (exact) mass is 1420 g/mol. The minimum atomic E-state index is -1.29. The van der Waals surface area contributed by atoms with Gasteiger partial charge in [0.1, 0.15) is 29.1 Å². The molecule has 5 N–H and O–H groups in total. The van der Waals surface area contributed by atoms with E-state index >= 15 is 0 Å². The fourth-order valence-electron chi connectivity index (χ4n) is 7.34. The molecular formula is C61H62BrF18MgN7O5. The van der Waals surface area contributed by atoms with Crippen molar-refractivity contribution in [1.82, 2.24) is 15.5 Å². The summed E-state index contributed by atoms with van der Waals surface area (Å²) >= 11 is 0. The average Bonchev–Trinajstić information content (AvgIpc) is 2.04. The van der Waals surface area contributed by atoms with E-state index in [1.807, 2.05) is 24.1 Å². The molecule has 6 aromatic carbocycles. The molecule has 2 fully saturated rings. The van der Waals surface area contributed by atoms with Crippen LogP contribution in [0.1, 0.15) is 67.3 Å². The number of hydrogen-bond donors (Lipinski definition) is 5. The Kier molecular flexibility index (Phi) is 40.9. The second-order valence-corrected chi connectivity index (χ2v) is 19.8. The molecule has 8 rings (SSSR count). The van der Waals surface area contributed by atoms with Gasteiger partial charge in [0.2, 0.25) is 0 Å². The number of likely N-dealkylation sites (N-methyl/N-ethyl adjacent to an activating group) is 3. The van der Waals surface area contributed by atoms with Crippen LogP contribution < -0.4 is 27.6 Å². The molecule has 12 nitrogen and oxygen atoms in total. The van der Waals surface area contributed by atoms with Gasteiger partial charge in [0.05, 0.1) is 56.2 Å². The summed E-state index contributed by atoms with van der Waals surface area (Å²) in [5.41, 5.74) is 8.07. The summed E-state index contributed by atoms with van der Waals surface area (Å²) in [6.07, 6.45) is 0.683. The van der Waals surface area contributed by atoms with Crippen LogP contribution >= 0.6 is 0 Å². The number of aliphatic hydroxyl groups excluding tert-OH is 2. The number of carboxylic acid groups (broad SMARTS) is 1. The maximum atomic E-state index is 13.3. The molecule has 6 aromatic rings. The number of nitrogens with zero attached hydrogens (tertiary/aromatic N) is 5. The van der Waals surface area contributed by atoms with E-state index in [1.54, 1.807) is 14.0 Å². The molecule has 0 aromatic heterocycles. The molecule has 506 valence electrons. The number of azide groups is 1. The first-order valence-electron chi connectivity index (χ1n) is 27.1. The van der Waals surface area contributed by atoms with E-state index < -0.39 is 129 Å². The Bertz CT molecular complexity index is 3350. The van der Waals surface area contributed by atoms with Gasteiger partial charge < -0.3 is 52.6 Å². The number of benzene rings is 6. The Morgan fingerprint density at radius 1 is 0.613 bits per heavy atom. The first-order chi connectivity index (χ1) is 42.8. The van der Waals surface area contributed by atoms with Gasteiger partial charge in [0.25, 0.3) is 0 Å². The number of rotatable bonds is 19. The van der Waals surface area contributed by atoms with Crippen molar-refractivity contribution in [2.45, 2.75) is 108 Å². The molecule has 0 saturated carbocycles. The number of nitriles is 1. The molecule has 0 amide bonds. The molecule has 2 aliphatic rings. The molecule has 0 spiro atoms. The molecule has 2 heterocycles. The van der Waals surface area contributed by atoms with E-state index in [-0.39, 0.29) is 125 Å². The van der Waals surface area contributed by atoms with E-state index in [0.717, 1.165) is 37.4 Å². The molecule has 2 aliphatic heterocycles. The fourth-order valence-corrected chi connectivity index (χ4v) is 7.34. The van der Waals surface area contributed by atoms with Gasteiger partial charge in [-0.3, -0.25) is 9.18 Å². The minimum absolute atomic E-state index is 0. The molecule has 2 unspecified atom stereocenters. The Labute approximate surface area is 550 Å². The molecule has 32 heteroatoms. The number of aliphatic hydroxyl groups is 2. The van der Waals surface area contributed by atoms with Gasteiger partial charge in [0, 0.05) is 84.4 Å². The van der Waals surface area contributed by atoms with E-state index in [0.29, 0.717) is 67.5 Å². The molecule has 2 saturated heterocycles. The average molecular weight is 1420 g/mol. The van der Waals surface area contributed by atoms with Gasteiger partial charge in [-0.1, -0.05) is 25.0 Å². The first-order valence-corrected chi connectivity index (χ1v) is 27.1. The number of nitrogens with one attached hydrogen (secondary N) is 2. The largest absolute Gasteiger partial charge is 2.00 e. The van der Waals surface area contributed by atoms with Gasteiger partial charge in [-0.2, -0.15) is 5.26 Å². The van der Waals surface area contributed by atoms with Gasteiger partial charge in [-0.15, -0.1) is 12.1 Å². The van der Waals surface area contributed by atoms with E-state index in [9.17, 15) is 94.0 Å². The summed E-state index contributed by atoms with van der Waals surface area (Å²) in [4.78, 5) is 14.9. The number of hydrogen-bond acceptors (Lipinski definition) is 9. The van der Waals surface area contributed by atoms with Crippen molar-refractivity contribution in [3.8, 4) is 6.07 Å². The number of aliphatic carboxylic acids is 1. The van der Waals surface area contributed by atoms with Crippen LogP contribution in [0.3, 0.4) is 0 Å². The summed E-state index contributed by atoms with van der Waals surface area (Å²) in [5, 5.41) is 44.1. The van der Waals surface area contributed by atoms with Gasteiger partial charge in [-0.25, -0.2) is 74.6 Å². The topological polar surface area (TPSA) is 190 Å². The molecule has 7 atom stereocenters. The maximum Gasteiger partial charge on any atom is 2.00 e. The number of halogens is 19. The Balaban J connectivity index is 0.00000108. The normalized spacial score (nSPS) is 14.9. The van der Waals surface area contributed by atoms with Crippen LogP contribution in [0.5, 0.6) is 0 Å². The zero-order valence-electron chi connectivity index (χ0n) is 50.2. The van der Waals surface area contributed by atoms with E-state index in [2.05, 4.69) is 27.6 Å². The minimum Gasteiger partial charge on any atom is -1.00 e. The van der Waals surface area contributed by atoms with E-state index in [4.69, 9.17) is 20.6 Å². The molecular weight excluding hydrogens is 1360 g/mol. The molecule has 0 radical (unpaired) electrons. The predicted octanol–water partition coefficient (Wildman–Crippen LogP) is 9.87. The summed E-state index contributed by atoms with van der Waals surface area (Å²) in [6.45, 7) is 5.50. The molecule has 0 aliphatic carbocycles. The van der Waals surface area contributed by atoms with Crippen LogP contribution in [-0.2, 0) is 41.6 Å². The van der Waals surface area contributed by atoms with Crippen molar-refractivity contribution in [3.63, 3.8) is 0 Å². The third-order valence-corrected chi connectivity index (χ3v) is 12.8. The number of carbonyl (C=O) groups is 1. The predicted molar refractivity (Wildman–Crippen MR) is 302 cm³/mol. The zero-order chi connectivity index (χ0) is 68.8. The number of carboxylic acids is 1. The zero-order valence-corrected chi connectivity index (χ0v) is 53.2. The third kappa shape index (κ3) is 32.8. The SMILES string of the molecule is CCC1CO1.CC[C@@H](O)Cc1cc(F)c(F)cc1F.CN1C[C@H]1Cc1cc(F)c(F)cc1F.CN[C@@H](CC#N)Cc1cc(F)c(F)cc1F.CN[C@@H](CC(=O)O)Cc1cc(F)c(F)cc1F.Fc1[c-]cc(F)c(F)c1.[Br-].[Mg+2].[N-]=[N+]=NC[C@@H](O)Cc1cc(F)c(F)cc1F. The van der Waals surface area contributed by atoms with Crippen molar-refractivity contribution in [3.05, 3.63) is 222 Å². The van der Waals surface area contributed by atoms with Crippen LogP contribution in [0.4, 0.5) is 79.0 Å². The van der Waals surface area contributed by atoms with Crippen LogP contribution in [0.15, 0.2) is 77.9 Å². The molecule has 0 bridgehead atoms. The summed E-state index contributed by atoms with van der Waals surface area (Å²) < 4.78 is 233. The van der Waals surface area contributed by atoms with Crippen molar-refractivity contribution < 1.29 is 121 Å². The van der Waals surface area contributed by atoms with Crippen molar-refractivity contribution in [2.75, 3.05) is 40.8 Å². The Morgan fingerprint density at radius 2 is 0.957 bits per heavy atom. The molecule has 93 heavy (non-hydrogen) atoms. The Hall–Kier alpha value is -6.66. The second kappa shape index (κ2) is 44.1. The maximum absolute atomic E-state index is 13.3. The Morgan fingerprint density at radius 3 is 1.26 bits per heavy atom. The fraction of sp³-hybridized carbons (Fsp3) is 0.377. The number of epoxide rings is 1.